The Labute approximate surface area is 117 Å². The van der Waals surface area contributed by atoms with Gasteiger partial charge in [0.25, 0.3) is 0 Å². The minimum absolute atomic E-state index is 0.400. The first-order valence-corrected chi connectivity index (χ1v) is 6.47. The van der Waals surface area contributed by atoms with Crippen molar-refractivity contribution in [1.29, 1.82) is 0 Å². The minimum Gasteiger partial charge on any atom is -0.489 e. The summed E-state index contributed by atoms with van der Waals surface area (Å²) in [6.45, 7) is 2.46. The Morgan fingerprint density at radius 1 is 1.17 bits per heavy atom. The first-order valence-electron chi connectivity index (χ1n) is 5.71. The van der Waals surface area contributed by atoms with E-state index in [0.717, 1.165) is 28.3 Å². The number of halogens is 2. The second-order valence-corrected chi connectivity index (χ2v) is 4.61. The number of hydrogen-bond donors (Lipinski definition) is 0. The van der Waals surface area contributed by atoms with Crippen molar-refractivity contribution in [2.24, 2.45) is 0 Å². The smallest absolute Gasteiger partial charge is 0.135 e. The number of aryl methyl sites for hydroxylation is 1. The molecule has 0 saturated carbocycles. The van der Waals surface area contributed by atoms with E-state index in [9.17, 15) is 0 Å². The van der Waals surface area contributed by atoms with Gasteiger partial charge in [-0.05, 0) is 36.2 Å². The van der Waals surface area contributed by atoms with Crippen molar-refractivity contribution in [1.82, 2.24) is 4.98 Å². The third kappa shape index (κ3) is 3.15. The van der Waals surface area contributed by atoms with E-state index in [2.05, 4.69) is 11.9 Å². The van der Waals surface area contributed by atoms with Gasteiger partial charge in [0.2, 0.25) is 0 Å². The van der Waals surface area contributed by atoms with Gasteiger partial charge in [-0.3, -0.25) is 0 Å². The number of aromatic nitrogens is 1. The Hall–Kier alpha value is -1.25. The first kappa shape index (κ1) is 13.2. The topological polar surface area (TPSA) is 22.1 Å². The Kier molecular flexibility index (Phi) is 4.45. The molecule has 0 aliphatic rings. The maximum absolute atomic E-state index is 6.05. The largest absolute Gasteiger partial charge is 0.489 e. The molecule has 4 heteroatoms. The standard InChI is InChI=1S/C14H13Cl2NO/c1-2-10-8-12(5-6-13(10)15)18-9-11-4-3-7-17-14(11)16/h3-8H,2,9H2,1H3. The molecule has 0 amide bonds. The molecule has 0 N–H and O–H groups in total. The van der Waals surface area contributed by atoms with E-state index in [1.807, 2.05) is 30.3 Å². The van der Waals surface area contributed by atoms with Crippen LogP contribution in [0.4, 0.5) is 0 Å². The maximum Gasteiger partial charge on any atom is 0.135 e. The predicted molar refractivity (Wildman–Crippen MR) is 74.4 cm³/mol. The van der Waals surface area contributed by atoms with Crippen LogP contribution in [0.3, 0.4) is 0 Å². The van der Waals surface area contributed by atoms with E-state index in [4.69, 9.17) is 27.9 Å². The zero-order chi connectivity index (χ0) is 13.0. The summed E-state index contributed by atoms with van der Waals surface area (Å²) in [4.78, 5) is 4.00. The summed E-state index contributed by atoms with van der Waals surface area (Å²) in [5, 5.41) is 1.24. The van der Waals surface area contributed by atoms with Crippen molar-refractivity contribution in [2.75, 3.05) is 0 Å². The van der Waals surface area contributed by atoms with E-state index in [1.165, 1.54) is 0 Å². The fourth-order valence-corrected chi connectivity index (χ4v) is 2.02. The molecular formula is C14H13Cl2NO. The summed E-state index contributed by atoms with van der Waals surface area (Å²) in [6, 6.07) is 9.38. The number of hydrogen-bond acceptors (Lipinski definition) is 2. The Morgan fingerprint density at radius 2 is 2.00 bits per heavy atom. The van der Waals surface area contributed by atoms with Crippen LogP contribution in [-0.4, -0.2) is 4.98 Å². The quantitative estimate of drug-likeness (QED) is 0.768. The van der Waals surface area contributed by atoms with Crippen LogP contribution in [0.25, 0.3) is 0 Å². The molecule has 0 radical (unpaired) electrons. The van der Waals surface area contributed by atoms with E-state index >= 15 is 0 Å². The molecule has 0 atom stereocenters. The summed E-state index contributed by atoms with van der Waals surface area (Å²) < 4.78 is 5.69. The molecule has 1 heterocycles. The van der Waals surface area contributed by atoms with Gasteiger partial charge in [-0.15, -0.1) is 0 Å². The van der Waals surface area contributed by atoms with Crippen molar-refractivity contribution >= 4 is 23.2 Å². The molecule has 1 aromatic heterocycles. The molecule has 2 rings (SSSR count). The second kappa shape index (κ2) is 6.07. The molecule has 0 aliphatic heterocycles. The van der Waals surface area contributed by atoms with Crippen molar-refractivity contribution in [3.63, 3.8) is 0 Å². The van der Waals surface area contributed by atoms with Crippen molar-refractivity contribution in [2.45, 2.75) is 20.0 Å². The lowest BCUT2D eigenvalue weighted by Gasteiger charge is -2.09. The van der Waals surface area contributed by atoms with Crippen LogP contribution in [0.1, 0.15) is 18.1 Å². The molecule has 0 fully saturated rings. The molecule has 0 bridgehead atoms. The minimum atomic E-state index is 0.400. The zero-order valence-corrected chi connectivity index (χ0v) is 11.5. The lowest BCUT2D eigenvalue weighted by atomic mass is 10.1. The number of rotatable bonds is 4. The number of nitrogens with zero attached hydrogens (tertiary/aromatic N) is 1. The van der Waals surface area contributed by atoms with Crippen molar-refractivity contribution in [3.8, 4) is 5.75 Å². The average molecular weight is 282 g/mol. The molecular weight excluding hydrogens is 269 g/mol. The number of pyridine rings is 1. The monoisotopic (exact) mass is 281 g/mol. The fraction of sp³-hybridized carbons (Fsp3) is 0.214. The average Bonchev–Trinajstić information content (AvgIpc) is 2.39. The molecule has 0 unspecified atom stereocenters. The predicted octanol–water partition coefficient (Wildman–Crippen LogP) is 4.53. The van der Waals surface area contributed by atoms with Crippen molar-refractivity contribution < 1.29 is 4.74 Å². The van der Waals surface area contributed by atoms with Crippen LogP contribution in [0.2, 0.25) is 10.2 Å². The summed E-state index contributed by atoms with van der Waals surface area (Å²) in [5.74, 6) is 0.788. The lowest BCUT2D eigenvalue weighted by Crippen LogP contribution is -1.97. The van der Waals surface area contributed by atoms with E-state index < -0.39 is 0 Å². The highest BCUT2D eigenvalue weighted by Gasteiger charge is 2.04. The summed E-state index contributed by atoms with van der Waals surface area (Å²) in [5.41, 5.74) is 1.94. The molecule has 0 spiro atoms. The molecule has 0 saturated heterocycles. The van der Waals surface area contributed by atoms with Crippen molar-refractivity contribution in [3.05, 3.63) is 57.8 Å². The van der Waals surface area contributed by atoms with Gasteiger partial charge < -0.3 is 4.74 Å². The summed E-state index contributed by atoms with van der Waals surface area (Å²) in [6.07, 6.45) is 2.53. The molecule has 18 heavy (non-hydrogen) atoms. The molecule has 0 aliphatic carbocycles. The van der Waals surface area contributed by atoms with Gasteiger partial charge in [0.1, 0.15) is 17.5 Å². The van der Waals surface area contributed by atoms with Gasteiger partial charge >= 0.3 is 0 Å². The fourth-order valence-electron chi connectivity index (χ4n) is 1.60. The highest BCUT2D eigenvalue weighted by atomic mass is 35.5. The Balaban J connectivity index is 2.09. The first-order chi connectivity index (χ1) is 8.70. The SMILES string of the molecule is CCc1cc(OCc2cccnc2Cl)ccc1Cl. The summed E-state index contributed by atoms with van der Waals surface area (Å²) >= 11 is 12.0. The molecule has 2 aromatic rings. The second-order valence-electron chi connectivity index (χ2n) is 3.85. The van der Waals surface area contributed by atoms with E-state index in [-0.39, 0.29) is 0 Å². The number of benzene rings is 1. The van der Waals surface area contributed by atoms with Gasteiger partial charge in [0.05, 0.1) is 0 Å². The van der Waals surface area contributed by atoms with Gasteiger partial charge in [-0.2, -0.15) is 0 Å². The van der Waals surface area contributed by atoms with Crippen LogP contribution < -0.4 is 4.74 Å². The van der Waals surface area contributed by atoms with Gasteiger partial charge in [0, 0.05) is 16.8 Å². The maximum atomic E-state index is 6.05. The third-order valence-electron chi connectivity index (χ3n) is 2.63. The lowest BCUT2D eigenvalue weighted by molar-refractivity contribution is 0.305. The van der Waals surface area contributed by atoms with Crippen LogP contribution in [0.5, 0.6) is 5.75 Å². The van der Waals surface area contributed by atoms with Gasteiger partial charge in [-0.25, -0.2) is 4.98 Å². The van der Waals surface area contributed by atoms with Crippen LogP contribution in [0.15, 0.2) is 36.5 Å². The van der Waals surface area contributed by atoms with Crippen LogP contribution >= 0.6 is 23.2 Å². The Morgan fingerprint density at radius 3 is 2.72 bits per heavy atom. The van der Waals surface area contributed by atoms with Gasteiger partial charge in [-0.1, -0.05) is 36.2 Å². The zero-order valence-electron chi connectivity index (χ0n) is 9.99. The summed E-state index contributed by atoms with van der Waals surface area (Å²) in [7, 11) is 0. The molecule has 94 valence electrons. The van der Waals surface area contributed by atoms with E-state index in [0.29, 0.717) is 11.8 Å². The van der Waals surface area contributed by atoms with Crippen LogP contribution in [0, 0.1) is 0 Å². The van der Waals surface area contributed by atoms with E-state index in [1.54, 1.807) is 6.20 Å². The Bertz CT molecular complexity index is 543. The highest BCUT2D eigenvalue weighted by Crippen LogP contribution is 2.23. The van der Waals surface area contributed by atoms with Gasteiger partial charge in [0.15, 0.2) is 0 Å². The number of ether oxygens (including phenoxy) is 1. The molecule has 1 aromatic carbocycles. The molecule has 2 nitrogen and oxygen atoms in total. The highest BCUT2D eigenvalue weighted by molar-refractivity contribution is 6.31. The normalized spacial score (nSPS) is 10.4. The third-order valence-corrected chi connectivity index (χ3v) is 3.34. The van der Waals surface area contributed by atoms with Crippen LogP contribution in [-0.2, 0) is 13.0 Å².